The van der Waals surface area contributed by atoms with E-state index < -0.39 is 11.5 Å². The van der Waals surface area contributed by atoms with E-state index in [0.717, 1.165) is 29.7 Å². The molecule has 0 spiro atoms. The molecular formula is C37H38N10O3. The summed E-state index contributed by atoms with van der Waals surface area (Å²) in [6.07, 6.45) is 7.93. The fourth-order valence-electron chi connectivity index (χ4n) is 7.22. The van der Waals surface area contributed by atoms with E-state index in [1.54, 1.807) is 42.5 Å². The quantitative estimate of drug-likeness (QED) is 0.252. The summed E-state index contributed by atoms with van der Waals surface area (Å²) in [7, 11) is 1.80. The molecule has 6 aromatic rings. The minimum absolute atomic E-state index is 0.0379. The molecule has 254 valence electrons. The van der Waals surface area contributed by atoms with E-state index in [1.807, 2.05) is 60.5 Å². The number of nitrogens with zero attached hydrogens (tertiary/aromatic N) is 8. The topological polar surface area (TPSA) is 172 Å². The monoisotopic (exact) mass is 670 g/mol. The Kier molecular flexibility index (Phi) is 8.26. The van der Waals surface area contributed by atoms with Crippen LogP contribution in [0.15, 0.2) is 78.2 Å². The number of nitrogen functional groups attached to an aromatic ring is 1. The number of benzene rings is 1. The highest BCUT2D eigenvalue weighted by molar-refractivity contribution is 6.04. The van der Waals surface area contributed by atoms with E-state index >= 15 is 0 Å². The summed E-state index contributed by atoms with van der Waals surface area (Å²) in [5, 5.41) is 8.96. The minimum Gasteiger partial charge on any atom is -0.382 e. The normalized spacial score (nSPS) is 13.7. The number of aromatic nitrogens is 7. The Labute approximate surface area is 288 Å². The third-order valence-electron chi connectivity index (χ3n) is 9.66. The number of piperidine rings is 1. The lowest BCUT2D eigenvalue weighted by molar-refractivity contribution is -0.135. The Morgan fingerprint density at radius 3 is 2.30 bits per heavy atom. The maximum atomic E-state index is 14.1. The molecule has 6 heterocycles. The molecule has 5 aromatic heterocycles. The number of carbonyl (C=O) groups excluding carboxylic acids is 2. The first-order valence-electron chi connectivity index (χ1n) is 16.6. The van der Waals surface area contributed by atoms with Crippen molar-refractivity contribution in [3.63, 3.8) is 0 Å². The molecule has 0 aliphatic carbocycles. The fraction of sp³-hybridized carbons (Fsp3) is 0.270. The van der Waals surface area contributed by atoms with Gasteiger partial charge in [0, 0.05) is 72.4 Å². The highest BCUT2D eigenvalue weighted by Gasteiger charge is 2.30. The van der Waals surface area contributed by atoms with Crippen LogP contribution in [0.3, 0.4) is 0 Å². The molecule has 4 N–H and O–H groups in total. The molecule has 1 aliphatic heterocycles. The van der Waals surface area contributed by atoms with Crippen LogP contribution in [0.25, 0.3) is 44.7 Å². The number of nitrogens with two attached hydrogens (primary N) is 2. The van der Waals surface area contributed by atoms with Crippen LogP contribution < -0.4 is 17.0 Å². The van der Waals surface area contributed by atoms with Crippen molar-refractivity contribution in [2.24, 2.45) is 18.7 Å². The predicted molar refractivity (Wildman–Crippen MR) is 191 cm³/mol. The smallest absolute Gasteiger partial charge is 0.268 e. The van der Waals surface area contributed by atoms with Crippen LogP contribution in [0.4, 0.5) is 5.82 Å². The van der Waals surface area contributed by atoms with Crippen molar-refractivity contribution in [3.8, 4) is 39.2 Å². The average Bonchev–Trinajstić information content (AvgIpc) is 3.72. The van der Waals surface area contributed by atoms with E-state index in [1.165, 1.54) is 10.9 Å². The SMILES string of the molecule is Cc1c(-c2ccnn2C)c(-c2ccc(-c3cc(C4CCN(C(=O)C(C)C)CC4)n4ncnc(N)c34)cc2)c(C(N)=O)c(=O)n1-c1cccnc1. The molecule has 2 amide bonds. The first-order valence-corrected chi connectivity index (χ1v) is 16.6. The van der Waals surface area contributed by atoms with Crippen LogP contribution in [0.5, 0.6) is 0 Å². The number of anilines is 1. The lowest BCUT2D eigenvalue weighted by Gasteiger charge is -2.33. The Morgan fingerprint density at radius 2 is 1.68 bits per heavy atom. The Morgan fingerprint density at radius 1 is 0.960 bits per heavy atom. The molecule has 1 aliphatic rings. The van der Waals surface area contributed by atoms with Gasteiger partial charge in [-0.2, -0.15) is 10.2 Å². The Balaban J connectivity index is 1.35. The van der Waals surface area contributed by atoms with Crippen molar-refractivity contribution in [2.75, 3.05) is 18.8 Å². The van der Waals surface area contributed by atoms with Crippen molar-refractivity contribution in [2.45, 2.75) is 39.5 Å². The second-order valence-electron chi connectivity index (χ2n) is 13.0. The molecule has 1 saturated heterocycles. The van der Waals surface area contributed by atoms with Crippen LogP contribution in [0.2, 0.25) is 0 Å². The van der Waals surface area contributed by atoms with Gasteiger partial charge >= 0.3 is 0 Å². The number of aryl methyl sites for hydroxylation is 1. The summed E-state index contributed by atoms with van der Waals surface area (Å²) in [4.78, 5) is 50.3. The average molecular weight is 671 g/mol. The van der Waals surface area contributed by atoms with E-state index in [4.69, 9.17) is 11.5 Å². The number of fused-ring (bicyclic) bond motifs is 1. The van der Waals surface area contributed by atoms with Crippen LogP contribution >= 0.6 is 0 Å². The van der Waals surface area contributed by atoms with Gasteiger partial charge in [-0.25, -0.2) is 9.50 Å². The van der Waals surface area contributed by atoms with Crippen molar-refractivity contribution in [3.05, 3.63) is 101 Å². The third-order valence-corrected chi connectivity index (χ3v) is 9.66. The van der Waals surface area contributed by atoms with Crippen molar-refractivity contribution in [1.82, 2.24) is 38.8 Å². The first-order chi connectivity index (χ1) is 24.1. The number of rotatable bonds is 7. The van der Waals surface area contributed by atoms with Gasteiger partial charge in [0.15, 0.2) is 5.82 Å². The number of pyridine rings is 2. The minimum atomic E-state index is -0.843. The molecule has 0 saturated carbocycles. The second-order valence-corrected chi connectivity index (χ2v) is 13.0. The van der Waals surface area contributed by atoms with Crippen LogP contribution in [0.1, 0.15) is 54.4 Å². The van der Waals surface area contributed by atoms with E-state index in [-0.39, 0.29) is 23.3 Å². The maximum Gasteiger partial charge on any atom is 0.268 e. The van der Waals surface area contributed by atoms with Gasteiger partial charge in [-0.05, 0) is 55.2 Å². The molecule has 0 atom stereocenters. The van der Waals surface area contributed by atoms with Crippen molar-refractivity contribution >= 4 is 23.1 Å². The Hall–Kier alpha value is -6.11. The molecule has 0 unspecified atom stereocenters. The largest absolute Gasteiger partial charge is 0.382 e. The number of carbonyl (C=O) groups is 2. The highest BCUT2D eigenvalue weighted by atomic mass is 16.2. The van der Waals surface area contributed by atoms with E-state index in [0.29, 0.717) is 58.2 Å². The fourth-order valence-corrected chi connectivity index (χ4v) is 7.22. The number of amides is 2. The van der Waals surface area contributed by atoms with Gasteiger partial charge in [-0.1, -0.05) is 38.1 Å². The van der Waals surface area contributed by atoms with E-state index in [2.05, 4.69) is 26.2 Å². The molecule has 13 nitrogen and oxygen atoms in total. The Bertz CT molecular complexity index is 2310. The summed E-state index contributed by atoms with van der Waals surface area (Å²) >= 11 is 0. The molecule has 1 fully saturated rings. The van der Waals surface area contributed by atoms with Gasteiger partial charge in [-0.3, -0.25) is 28.6 Å². The molecule has 0 radical (unpaired) electrons. The van der Waals surface area contributed by atoms with Crippen molar-refractivity contribution in [1.29, 1.82) is 0 Å². The zero-order valence-electron chi connectivity index (χ0n) is 28.4. The van der Waals surface area contributed by atoms with Gasteiger partial charge in [0.1, 0.15) is 17.4 Å². The van der Waals surface area contributed by atoms with Gasteiger partial charge in [0.25, 0.3) is 11.5 Å². The van der Waals surface area contributed by atoms with Crippen LogP contribution in [-0.2, 0) is 11.8 Å². The lowest BCUT2D eigenvalue weighted by atomic mass is 9.90. The highest BCUT2D eigenvalue weighted by Crippen LogP contribution is 2.40. The first kappa shape index (κ1) is 32.4. The maximum absolute atomic E-state index is 14.1. The zero-order valence-corrected chi connectivity index (χ0v) is 28.4. The summed E-state index contributed by atoms with van der Waals surface area (Å²) in [6.45, 7) is 7.05. The van der Waals surface area contributed by atoms with Gasteiger partial charge in [-0.15, -0.1) is 0 Å². The number of hydrogen-bond acceptors (Lipinski definition) is 8. The summed E-state index contributed by atoms with van der Waals surface area (Å²) in [5.74, 6) is -0.184. The van der Waals surface area contributed by atoms with Crippen molar-refractivity contribution < 1.29 is 9.59 Å². The summed E-state index contributed by atoms with van der Waals surface area (Å²) in [6, 6.07) is 15.1. The van der Waals surface area contributed by atoms with Gasteiger partial charge < -0.3 is 16.4 Å². The lowest BCUT2D eigenvalue weighted by Crippen LogP contribution is -2.40. The third kappa shape index (κ3) is 5.40. The van der Waals surface area contributed by atoms with Gasteiger partial charge in [0.2, 0.25) is 5.91 Å². The molecule has 0 bridgehead atoms. The van der Waals surface area contributed by atoms with Gasteiger partial charge in [0.05, 0.1) is 17.6 Å². The zero-order chi connectivity index (χ0) is 35.3. The molecular weight excluding hydrogens is 632 g/mol. The number of primary amides is 1. The number of hydrogen-bond donors (Lipinski definition) is 2. The van der Waals surface area contributed by atoms with Crippen LogP contribution in [-0.4, -0.2) is 63.7 Å². The number of likely N-dealkylation sites (tertiary alicyclic amines) is 1. The molecule has 13 heteroatoms. The summed E-state index contributed by atoms with van der Waals surface area (Å²) < 4.78 is 5.03. The molecule has 7 rings (SSSR count). The van der Waals surface area contributed by atoms with E-state index in [9.17, 15) is 14.4 Å². The molecule has 50 heavy (non-hydrogen) atoms. The standard InChI is InChI=1S/C37H38N10O3/c1-21(2)36(49)45-16-12-24(13-17-45)29-18-27(33-34(38)41-20-43-47(29)33)23-7-9-25(10-8-23)31-30(28-11-15-42-44(28)4)22(3)46(26-6-5-14-40-19-26)37(50)32(31)35(39)48/h5-11,14-15,18-21,24H,12-13,16-17H2,1-4H3,(H2,39,48)(H2,38,41,43). The summed E-state index contributed by atoms with van der Waals surface area (Å²) in [5.41, 5.74) is 18.7. The molecule has 1 aromatic carbocycles. The predicted octanol–water partition coefficient (Wildman–Crippen LogP) is 4.36. The van der Waals surface area contributed by atoms with Crippen LogP contribution in [0, 0.1) is 12.8 Å². The second kappa shape index (κ2) is 12.7.